The summed E-state index contributed by atoms with van der Waals surface area (Å²) in [4.78, 5) is 135. The van der Waals surface area contributed by atoms with Crippen LogP contribution in [-0.2, 0) is 62.4 Å². The number of nitrogens with one attached hydrogen (secondary N) is 10. The molecule has 4 saturated heterocycles. The normalized spacial score (nSPS) is 16.9. The predicted molar refractivity (Wildman–Crippen MR) is 504 cm³/mol. The van der Waals surface area contributed by atoms with E-state index in [1.807, 2.05) is 180 Å². The van der Waals surface area contributed by atoms with Gasteiger partial charge in [0.25, 0.3) is 0 Å². The van der Waals surface area contributed by atoms with Gasteiger partial charge in [0.15, 0.2) is 0 Å². The number of H-pyrrole nitrogens is 1. The van der Waals surface area contributed by atoms with E-state index in [0.717, 1.165) is 92.4 Å². The molecule has 13 amide bonds. The number of unbranched alkanes of at least 4 members (excludes halogenated alkanes) is 1. The van der Waals surface area contributed by atoms with Crippen molar-refractivity contribution in [1.82, 2.24) is 77.0 Å². The highest BCUT2D eigenvalue weighted by Crippen LogP contribution is 2.33. The first-order chi connectivity index (χ1) is 61.8. The summed E-state index contributed by atoms with van der Waals surface area (Å²) in [7, 11) is 0. The van der Waals surface area contributed by atoms with Crippen molar-refractivity contribution in [3.63, 3.8) is 0 Å². The summed E-state index contributed by atoms with van der Waals surface area (Å²) in [6, 6.07) is 59.5. The van der Waals surface area contributed by atoms with E-state index in [1.165, 1.54) is 46.6 Å². The highest BCUT2D eigenvalue weighted by atomic mass is 32.2. The highest BCUT2D eigenvalue weighted by Gasteiger charge is 2.42. The van der Waals surface area contributed by atoms with Crippen LogP contribution in [0.2, 0.25) is 0 Å². The molecule has 0 spiro atoms. The molecule has 7 unspecified atom stereocenters. The number of aromatic amines is 1. The summed E-state index contributed by atoms with van der Waals surface area (Å²) in [5.41, 5.74) is 5.22. The number of hydrogen-bond donors (Lipinski definition) is 10. The van der Waals surface area contributed by atoms with Gasteiger partial charge in [-0.15, -0.1) is 0 Å². The fraction of sp³-hybridized carbons (Fsp3) is 0.480. The first-order valence-electron chi connectivity index (χ1n) is 45.6. The van der Waals surface area contributed by atoms with Gasteiger partial charge in [0.05, 0.1) is 22.6 Å². The average molecular weight is 1800 g/mol. The van der Waals surface area contributed by atoms with Crippen LogP contribution >= 0.6 is 11.8 Å². The molecule has 4 aliphatic heterocycles. The van der Waals surface area contributed by atoms with Crippen LogP contribution in [0.15, 0.2) is 205 Å². The van der Waals surface area contributed by atoms with Gasteiger partial charge in [-0.1, -0.05) is 235 Å². The molecule has 1 aromatic heterocycles. The number of fused-ring (bicyclic) bond motifs is 1. The van der Waals surface area contributed by atoms with Crippen LogP contribution in [0, 0.1) is 5.41 Å². The Morgan fingerprint density at radius 3 is 1.58 bits per heavy atom. The SMILES string of the molecule is CC(C)(C)CC(C)(C)NC(=O)C(CCCc1ccccc1)N1CCNC1=O.CC(C)NC(=O)C(c1ccccc1)N1CCNC1=O.CCCCNC(=O)C(CCc1ccccc1)n1c(=O)[nH]c2cc(C(F)(F)F)ccc21.CSCCC(C(=O)NCc1ccccc1)N1C(=O)NCC1C.O=C(NC1CCCCC1)C(CCc1ccccc1)N1CC(Cc2ccccc2)NC1=O. The summed E-state index contributed by atoms with van der Waals surface area (Å²) in [5.74, 6) is 0.259. The van der Waals surface area contributed by atoms with Gasteiger partial charge in [0.2, 0.25) is 29.5 Å². The van der Waals surface area contributed by atoms with Crippen molar-refractivity contribution < 1.29 is 56.3 Å². The van der Waals surface area contributed by atoms with Gasteiger partial charge in [-0.3, -0.25) is 28.5 Å². The maximum absolute atomic E-state index is 13.3. The molecule has 8 aromatic rings. The van der Waals surface area contributed by atoms with Gasteiger partial charge >= 0.3 is 36.0 Å². The molecule has 1 saturated carbocycles. The number of alkyl halides is 3. The summed E-state index contributed by atoms with van der Waals surface area (Å²) in [5, 5.41) is 26.6. The Bertz CT molecular complexity index is 4910. The molecule has 29 heteroatoms. The van der Waals surface area contributed by atoms with Gasteiger partial charge < -0.3 is 72.4 Å². The van der Waals surface area contributed by atoms with E-state index < -0.39 is 47.6 Å². The Kier molecular flexibility index (Phi) is 39.5. The number of carbonyl (C=O) groups excluding carboxylic acids is 9. The number of aryl methyl sites for hydroxylation is 3. The molecular weight excluding hydrogens is 1660 g/mol. The zero-order chi connectivity index (χ0) is 93.1. The number of amides is 13. The van der Waals surface area contributed by atoms with Gasteiger partial charge in [0, 0.05) is 76.0 Å². The second kappa shape index (κ2) is 50.4. The van der Waals surface area contributed by atoms with Gasteiger partial charge in [-0.25, -0.2) is 24.0 Å². The number of benzene rings is 7. The number of aromatic nitrogens is 2. The third kappa shape index (κ3) is 32.2. The molecule has 0 radical (unpaired) electrons. The molecule has 7 atom stereocenters. The lowest BCUT2D eigenvalue weighted by atomic mass is 9.81. The minimum atomic E-state index is -4.52. The summed E-state index contributed by atoms with van der Waals surface area (Å²) in [6.45, 7) is 22.9. The van der Waals surface area contributed by atoms with Crippen LogP contribution in [0.5, 0.6) is 0 Å². The quantitative estimate of drug-likeness (QED) is 0.0167. The maximum Gasteiger partial charge on any atom is 0.416 e. The number of halogens is 3. The first kappa shape index (κ1) is 101. The summed E-state index contributed by atoms with van der Waals surface area (Å²) >= 11 is 1.68. The maximum atomic E-state index is 13.3. The minimum absolute atomic E-state index is 0.00153. The van der Waals surface area contributed by atoms with Crippen molar-refractivity contribution in [3.05, 3.63) is 250 Å². The minimum Gasteiger partial charge on any atom is -0.354 e. The number of urea groups is 4. The molecule has 10 N–H and O–H groups in total. The molecule has 5 fully saturated rings. The van der Waals surface area contributed by atoms with E-state index in [9.17, 15) is 61.1 Å². The monoisotopic (exact) mass is 1790 g/mol. The Hall–Kier alpha value is -11.6. The Balaban J connectivity index is 0.000000184. The van der Waals surface area contributed by atoms with E-state index in [4.69, 9.17) is 0 Å². The largest absolute Gasteiger partial charge is 0.416 e. The van der Waals surface area contributed by atoms with Crippen molar-refractivity contribution in [1.29, 1.82) is 0 Å². The topological polar surface area (TPSA) is 313 Å². The van der Waals surface area contributed by atoms with Crippen LogP contribution in [-0.4, -0.2) is 188 Å². The van der Waals surface area contributed by atoms with E-state index in [-0.39, 0.29) is 99.8 Å². The number of carbonyl (C=O) groups is 9. The van der Waals surface area contributed by atoms with E-state index >= 15 is 0 Å². The highest BCUT2D eigenvalue weighted by molar-refractivity contribution is 7.98. The number of hydrogen-bond acceptors (Lipinski definition) is 11. The second-order valence-corrected chi connectivity index (χ2v) is 36.8. The Morgan fingerprint density at radius 1 is 0.535 bits per heavy atom. The zero-order valence-corrected chi connectivity index (χ0v) is 77.3. The van der Waals surface area contributed by atoms with Crippen LogP contribution in [0.4, 0.5) is 32.3 Å². The zero-order valence-electron chi connectivity index (χ0n) is 76.5. The average Bonchev–Trinajstić information content (AvgIpc) is 1.59. The van der Waals surface area contributed by atoms with Gasteiger partial charge in [0.1, 0.15) is 30.2 Å². The standard InChI is InChI=1S/C26H33N3O2.C22H24F3N3O2.C22H35N3O2.C16H23N3O2S.C14H19N3O2/c30-25(27-22-14-8-3-9-15-22)24(17-16-20-10-4-1-5-11-20)29-19-23(28-26(29)31)18-21-12-6-2-7-13-21;1-2-3-13-26-20(29)19(11-9-15-7-5-4-6-8-15)28-18-12-10-16(22(23,24)25)14-17(18)27-21(28)30;1-21(2,3)16-22(4,5)24-19(26)18(25-15-14-23-20(25)27)13-9-12-17-10-7-6-8-11-17;1-12-10-18-16(21)19(12)14(8-9-22-2)15(20)17-11-13-6-4-3-5-7-13;1-10(2)16-13(18)12(11-6-4-3-5-7-11)17-9-8-15-14(17)19/h1-2,4-7,10-13,22-24H,3,8-9,14-19H2,(H,27,30)(H,28,31);4-8,10,12,14,19H,2-3,9,11,13H2,1H3,(H,26,29)(H,27,30);6-8,10-11,18H,9,12-16H2,1-5H3,(H,23,27)(H,24,26);3-7,12,14H,8-11H2,1-2H3,(H,17,20)(H,18,21);3-7,10,12H,8-9H2,1-2H3,(H,15,19)(H,16,18). The van der Waals surface area contributed by atoms with Gasteiger partial charge in [-0.05, 0) is 187 Å². The van der Waals surface area contributed by atoms with Crippen LogP contribution in [0.25, 0.3) is 11.0 Å². The fourth-order valence-electron chi connectivity index (χ4n) is 17.2. The van der Waals surface area contributed by atoms with Crippen LogP contribution in [0.1, 0.15) is 197 Å². The lowest BCUT2D eigenvalue weighted by molar-refractivity contribution is -0.137. The van der Waals surface area contributed by atoms with E-state index in [1.54, 1.807) is 31.4 Å². The smallest absolute Gasteiger partial charge is 0.354 e. The van der Waals surface area contributed by atoms with Gasteiger partial charge in [-0.2, -0.15) is 24.9 Å². The van der Waals surface area contributed by atoms with Crippen molar-refractivity contribution in [2.75, 3.05) is 57.8 Å². The van der Waals surface area contributed by atoms with Crippen LogP contribution < -0.4 is 53.5 Å². The molecule has 0 bridgehead atoms. The number of thioether (sulfide) groups is 1. The lowest BCUT2D eigenvalue weighted by Gasteiger charge is -2.36. The Labute approximate surface area is 762 Å². The molecule has 25 nitrogen and oxygen atoms in total. The van der Waals surface area contributed by atoms with Crippen molar-refractivity contribution in [2.45, 2.75) is 244 Å². The number of nitrogens with zero attached hydrogens (tertiary/aromatic N) is 5. The molecule has 13 rings (SSSR count). The fourth-order valence-corrected chi connectivity index (χ4v) is 17.7. The molecular formula is C100H134F3N15O10S. The van der Waals surface area contributed by atoms with Crippen molar-refractivity contribution in [2.24, 2.45) is 5.41 Å². The molecule has 5 aliphatic rings. The molecule has 129 heavy (non-hydrogen) atoms. The van der Waals surface area contributed by atoms with Crippen molar-refractivity contribution >= 4 is 76.5 Å². The molecule has 696 valence electrons. The van der Waals surface area contributed by atoms with Crippen molar-refractivity contribution in [3.8, 4) is 0 Å². The Morgan fingerprint density at radius 2 is 1.06 bits per heavy atom. The molecule has 1 aliphatic carbocycles. The number of imidazole rings is 1. The lowest BCUT2D eigenvalue weighted by Crippen LogP contribution is -2.54. The number of rotatable bonds is 35. The van der Waals surface area contributed by atoms with E-state index in [2.05, 4.69) is 124 Å². The third-order valence-electron chi connectivity index (χ3n) is 23.1. The molecule has 5 heterocycles. The van der Waals surface area contributed by atoms with Crippen LogP contribution in [0.3, 0.4) is 0 Å². The summed E-state index contributed by atoms with van der Waals surface area (Å²) < 4.78 is 40.3. The first-order valence-corrected chi connectivity index (χ1v) is 46.9. The van der Waals surface area contributed by atoms with E-state index in [0.29, 0.717) is 84.5 Å². The summed E-state index contributed by atoms with van der Waals surface area (Å²) in [6.07, 6.45) is 11.9. The predicted octanol–water partition coefficient (Wildman–Crippen LogP) is 15.4. The third-order valence-corrected chi connectivity index (χ3v) is 23.8. The molecule has 7 aromatic carbocycles. The second-order valence-electron chi connectivity index (χ2n) is 35.9.